The average molecular weight is 448 g/mol. The lowest BCUT2D eigenvalue weighted by molar-refractivity contribution is 0.0826. The Hall–Kier alpha value is -3.00. The maximum Gasteiger partial charge on any atom is 0.253 e. The number of carbonyl (C=O) groups is 1. The van der Waals surface area contributed by atoms with Crippen LogP contribution in [0.4, 0.5) is 11.5 Å². The number of rotatable bonds is 3. The maximum absolute atomic E-state index is 12.7. The van der Waals surface area contributed by atoms with Crippen molar-refractivity contribution in [3.8, 4) is 0 Å². The molecule has 3 aliphatic heterocycles. The molecule has 0 spiro atoms. The number of hydrogen-bond acceptors (Lipinski definition) is 7. The number of aliphatic imine (C=N–C) groups is 1. The largest absolute Gasteiger partial charge is 0.355 e. The minimum absolute atomic E-state index is 0.0409. The number of benzene rings is 1. The Balaban J connectivity index is 1.40. The molecule has 2 N–H and O–H groups in total. The van der Waals surface area contributed by atoms with E-state index in [1.807, 2.05) is 18.3 Å². The summed E-state index contributed by atoms with van der Waals surface area (Å²) >= 11 is 0. The molecule has 8 nitrogen and oxygen atoms in total. The number of nitrogens with two attached hydrogens (primary N) is 1. The van der Waals surface area contributed by atoms with Crippen LogP contribution in [0.2, 0.25) is 0 Å². The molecule has 4 heterocycles. The van der Waals surface area contributed by atoms with E-state index < -0.39 is 0 Å². The summed E-state index contributed by atoms with van der Waals surface area (Å²) in [5, 5.41) is 0. The summed E-state index contributed by atoms with van der Waals surface area (Å²) in [7, 11) is 3.59. The molecule has 0 unspecified atom stereocenters. The summed E-state index contributed by atoms with van der Waals surface area (Å²) in [6.45, 7) is 6.31. The lowest BCUT2D eigenvalue weighted by Crippen LogP contribution is -2.42. The van der Waals surface area contributed by atoms with E-state index in [-0.39, 0.29) is 11.3 Å². The second kappa shape index (κ2) is 8.41. The van der Waals surface area contributed by atoms with Crippen LogP contribution < -0.4 is 15.5 Å². The van der Waals surface area contributed by atoms with E-state index in [0.29, 0.717) is 6.54 Å². The number of piperidine rings is 1. The van der Waals surface area contributed by atoms with Gasteiger partial charge in [0.05, 0.1) is 18.4 Å². The number of amidine groups is 1. The smallest absolute Gasteiger partial charge is 0.253 e. The standard InChI is InChI=1S/C25H33N7O/c1-25(16-26)9-12-31(13-10-25)21-15-27-22-19(29-21)14-28-23(22)32-11-5-7-17-18(24(33)30(2)3)6-4-8-20(17)32/h4,6,8,15H,5,7,9-14,16,26H2,1-3H3. The van der Waals surface area contributed by atoms with Crippen LogP contribution in [0, 0.1) is 5.41 Å². The molecule has 1 aromatic carbocycles. The third-order valence-electron chi connectivity index (χ3n) is 7.35. The molecule has 0 radical (unpaired) electrons. The monoisotopic (exact) mass is 447 g/mol. The number of carbonyl (C=O) groups excluding carboxylic acids is 1. The van der Waals surface area contributed by atoms with Gasteiger partial charge >= 0.3 is 0 Å². The summed E-state index contributed by atoms with van der Waals surface area (Å²) in [6, 6.07) is 5.98. The molecule has 3 aliphatic rings. The Morgan fingerprint density at radius 3 is 2.73 bits per heavy atom. The Kier molecular flexibility index (Phi) is 5.56. The molecule has 1 saturated heterocycles. The number of aromatic nitrogens is 2. The van der Waals surface area contributed by atoms with Gasteiger partial charge < -0.3 is 20.4 Å². The zero-order valence-corrected chi connectivity index (χ0v) is 19.8. The first kappa shape index (κ1) is 21.8. The van der Waals surface area contributed by atoms with Gasteiger partial charge in [-0.25, -0.2) is 9.97 Å². The molecular weight excluding hydrogens is 414 g/mol. The molecule has 1 aromatic heterocycles. The van der Waals surface area contributed by atoms with Gasteiger partial charge in [-0.05, 0) is 55.3 Å². The Bertz CT molecular complexity index is 1100. The van der Waals surface area contributed by atoms with Gasteiger partial charge in [0.25, 0.3) is 5.91 Å². The quantitative estimate of drug-likeness (QED) is 0.777. The first-order valence-corrected chi connectivity index (χ1v) is 11.9. The summed E-state index contributed by atoms with van der Waals surface area (Å²) in [5.74, 6) is 1.84. The van der Waals surface area contributed by atoms with Gasteiger partial charge in [0, 0.05) is 45.0 Å². The van der Waals surface area contributed by atoms with Crippen molar-refractivity contribution < 1.29 is 4.79 Å². The Morgan fingerprint density at radius 1 is 1.21 bits per heavy atom. The number of nitrogens with zero attached hydrogens (tertiary/aromatic N) is 6. The maximum atomic E-state index is 12.7. The van der Waals surface area contributed by atoms with Crippen molar-refractivity contribution in [1.82, 2.24) is 14.9 Å². The zero-order valence-electron chi connectivity index (χ0n) is 19.8. The van der Waals surface area contributed by atoms with Gasteiger partial charge in [-0.1, -0.05) is 13.0 Å². The molecule has 174 valence electrons. The molecule has 0 bridgehead atoms. The summed E-state index contributed by atoms with van der Waals surface area (Å²) < 4.78 is 0. The van der Waals surface area contributed by atoms with E-state index in [0.717, 1.165) is 91.7 Å². The molecule has 5 rings (SSSR count). The fraction of sp³-hybridized carbons (Fsp3) is 0.520. The lowest BCUT2D eigenvalue weighted by atomic mass is 9.80. The van der Waals surface area contributed by atoms with Crippen LogP contribution in [-0.2, 0) is 13.0 Å². The van der Waals surface area contributed by atoms with Gasteiger partial charge in [0.1, 0.15) is 11.5 Å². The van der Waals surface area contributed by atoms with Crippen LogP contribution in [0.1, 0.15) is 53.5 Å². The first-order chi connectivity index (χ1) is 15.9. The summed E-state index contributed by atoms with van der Waals surface area (Å²) in [4.78, 5) is 33.5. The fourth-order valence-electron chi connectivity index (χ4n) is 5.07. The predicted octanol–water partition coefficient (Wildman–Crippen LogP) is 2.46. The Morgan fingerprint density at radius 2 is 2.00 bits per heavy atom. The van der Waals surface area contributed by atoms with Crippen LogP contribution in [0.15, 0.2) is 29.4 Å². The highest BCUT2D eigenvalue weighted by atomic mass is 16.2. The van der Waals surface area contributed by atoms with Crippen molar-refractivity contribution in [1.29, 1.82) is 0 Å². The molecule has 1 amide bonds. The van der Waals surface area contributed by atoms with E-state index in [1.165, 1.54) is 0 Å². The van der Waals surface area contributed by atoms with Crippen molar-refractivity contribution in [3.63, 3.8) is 0 Å². The average Bonchev–Trinajstić information content (AvgIpc) is 3.26. The first-order valence-electron chi connectivity index (χ1n) is 11.9. The van der Waals surface area contributed by atoms with Crippen molar-refractivity contribution in [2.75, 3.05) is 50.1 Å². The highest BCUT2D eigenvalue weighted by molar-refractivity contribution is 6.12. The third kappa shape index (κ3) is 3.86. The third-order valence-corrected chi connectivity index (χ3v) is 7.35. The molecule has 0 saturated carbocycles. The van der Waals surface area contributed by atoms with E-state index >= 15 is 0 Å². The normalized spacial score (nSPS) is 19.1. The predicted molar refractivity (Wildman–Crippen MR) is 131 cm³/mol. The van der Waals surface area contributed by atoms with Gasteiger partial charge in [0.15, 0.2) is 5.84 Å². The van der Waals surface area contributed by atoms with Crippen molar-refractivity contribution >= 4 is 23.2 Å². The van der Waals surface area contributed by atoms with Crippen molar-refractivity contribution in [3.05, 3.63) is 46.9 Å². The second-order valence-electron chi connectivity index (χ2n) is 9.92. The van der Waals surface area contributed by atoms with E-state index in [9.17, 15) is 4.79 Å². The van der Waals surface area contributed by atoms with Crippen LogP contribution in [0.5, 0.6) is 0 Å². The van der Waals surface area contributed by atoms with Crippen LogP contribution >= 0.6 is 0 Å². The number of amides is 1. The summed E-state index contributed by atoms with van der Waals surface area (Å²) in [5.41, 5.74) is 10.9. The highest BCUT2D eigenvalue weighted by Crippen LogP contribution is 2.35. The molecule has 33 heavy (non-hydrogen) atoms. The summed E-state index contributed by atoms with van der Waals surface area (Å²) in [6.07, 6.45) is 5.90. The van der Waals surface area contributed by atoms with Crippen LogP contribution in [-0.4, -0.2) is 66.9 Å². The molecule has 0 aliphatic carbocycles. The molecular formula is C25H33N7O. The second-order valence-corrected chi connectivity index (χ2v) is 9.92. The minimum atomic E-state index is 0.0409. The van der Waals surface area contributed by atoms with E-state index in [4.69, 9.17) is 20.7 Å². The van der Waals surface area contributed by atoms with Gasteiger partial charge in [-0.3, -0.25) is 9.79 Å². The van der Waals surface area contributed by atoms with Crippen LogP contribution in [0.25, 0.3) is 0 Å². The topological polar surface area (TPSA) is 91.0 Å². The van der Waals surface area contributed by atoms with Gasteiger partial charge in [0.2, 0.25) is 0 Å². The lowest BCUT2D eigenvalue weighted by Gasteiger charge is -2.39. The van der Waals surface area contributed by atoms with Crippen molar-refractivity contribution in [2.45, 2.75) is 39.2 Å². The van der Waals surface area contributed by atoms with Crippen molar-refractivity contribution in [2.24, 2.45) is 16.1 Å². The Labute approximate surface area is 195 Å². The molecule has 8 heteroatoms. The SMILES string of the molecule is CN(C)C(=O)c1cccc2c1CCCN2C1=NCc2nc(N3CCC(C)(CN)CC3)cnc21. The number of anilines is 2. The number of fused-ring (bicyclic) bond motifs is 2. The van der Waals surface area contributed by atoms with Crippen LogP contribution in [0.3, 0.4) is 0 Å². The van der Waals surface area contributed by atoms with Gasteiger partial charge in [-0.15, -0.1) is 0 Å². The van der Waals surface area contributed by atoms with E-state index in [2.05, 4.69) is 22.8 Å². The molecule has 0 atom stereocenters. The number of hydrogen-bond donors (Lipinski definition) is 1. The fourth-order valence-corrected chi connectivity index (χ4v) is 5.07. The molecule has 1 fully saturated rings. The minimum Gasteiger partial charge on any atom is -0.355 e. The molecule has 2 aromatic rings. The van der Waals surface area contributed by atoms with Gasteiger partial charge in [-0.2, -0.15) is 0 Å². The highest BCUT2D eigenvalue weighted by Gasteiger charge is 2.32. The zero-order chi connectivity index (χ0) is 23.2. The van der Waals surface area contributed by atoms with E-state index in [1.54, 1.807) is 19.0 Å².